The summed E-state index contributed by atoms with van der Waals surface area (Å²) in [4.78, 5) is 0. The molecule has 0 aliphatic carbocycles. The van der Waals surface area contributed by atoms with Gasteiger partial charge in [0, 0.05) is 16.2 Å². The van der Waals surface area contributed by atoms with Crippen LogP contribution in [0.5, 0.6) is 0 Å². The Kier molecular flexibility index (Phi) is 3.22. The Bertz CT molecular complexity index is 517. The van der Waals surface area contributed by atoms with E-state index >= 15 is 0 Å². The molecule has 1 aromatic carbocycles. The topological polar surface area (TPSA) is 61.9 Å². The molecule has 0 saturated carbocycles. The van der Waals surface area contributed by atoms with E-state index in [2.05, 4.69) is 32.5 Å². The van der Waals surface area contributed by atoms with E-state index in [1.807, 2.05) is 6.07 Å². The van der Waals surface area contributed by atoms with Crippen LogP contribution in [0.15, 0.2) is 39.5 Å². The predicted octanol–water partition coefficient (Wildman–Crippen LogP) is 2.92. The van der Waals surface area contributed by atoms with E-state index in [4.69, 9.17) is 9.78 Å². The normalized spacial score (nSPS) is 9.75. The van der Waals surface area contributed by atoms with Crippen molar-refractivity contribution >= 4 is 21.6 Å². The molecule has 2 rings (SSSR count). The van der Waals surface area contributed by atoms with Crippen LogP contribution in [0.25, 0.3) is 0 Å². The Balaban J connectivity index is 2.08. The summed E-state index contributed by atoms with van der Waals surface area (Å²) < 4.78 is 5.81. The number of nitriles is 1. The minimum atomic E-state index is 0.560. The lowest BCUT2D eigenvalue weighted by atomic mass is 10.2. The third kappa shape index (κ3) is 2.41. The smallest absolute Gasteiger partial charge is 0.155 e. The molecule has 1 N–H and O–H groups in total. The Hall–Kier alpha value is -1.80. The van der Waals surface area contributed by atoms with E-state index in [-0.39, 0.29) is 0 Å². The van der Waals surface area contributed by atoms with Gasteiger partial charge in [0.1, 0.15) is 0 Å². The Morgan fingerprint density at radius 1 is 1.44 bits per heavy atom. The maximum Gasteiger partial charge on any atom is 0.155 e. The molecule has 1 aromatic heterocycles. The van der Waals surface area contributed by atoms with E-state index in [0.717, 1.165) is 15.9 Å². The molecular weight excluding hydrogens is 270 g/mol. The van der Waals surface area contributed by atoms with E-state index in [1.54, 1.807) is 24.4 Å². The number of benzene rings is 1. The summed E-state index contributed by atoms with van der Waals surface area (Å²) in [5, 5.41) is 15.5. The highest BCUT2D eigenvalue weighted by Crippen LogP contribution is 2.23. The van der Waals surface area contributed by atoms with E-state index < -0.39 is 0 Å². The molecule has 1 heterocycles. The van der Waals surface area contributed by atoms with Gasteiger partial charge in [0.25, 0.3) is 0 Å². The number of rotatable bonds is 3. The van der Waals surface area contributed by atoms with Crippen LogP contribution >= 0.6 is 15.9 Å². The van der Waals surface area contributed by atoms with Crippen molar-refractivity contribution in [3.8, 4) is 6.07 Å². The van der Waals surface area contributed by atoms with Crippen LogP contribution in [0.3, 0.4) is 0 Å². The summed E-state index contributed by atoms with van der Waals surface area (Å²) in [5.41, 5.74) is 1.53. The number of anilines is 1. The molecule has 0 aliphatic rings. The summed E-state index contributed by atoms with van der Waals surface area (Å²) >= 11 is 3.39. The zero-order valence-corrected chi connectivity index (χ0v) is 9.86. The molecule has 0 fully saturated rings. The van der Waals surface area contributed by atoms with Crippen molar-refractivity contribution in [1.82, 2.24) is 5.16 Å². The fraction of sp³-hybridized carbons (Fsp3) is 0.0909. The standard InChI is InChI=1S/C11H8BrN3O/c12-10-5-8(6-13)1-2-11(10)14-7-9-3-4-15-16-9/h1-5,14H,7H2. The predicted molar refractivity (Wildman–Crippen MR) is 62.7 cm³/mol. The van der Waals surface area contributed by atoms with Crippen LogP contribution in [-0.4, -0.2) is 5.16 Å². The van der Waals surface area contributed by atoms with Gasteiger partial charge in [-0.2, -0.15) is 5.26 Å². The molecule has 0 atom stereocenters. The first-order valence-corrected chi connectivity index (χ1v) is 5.42. The monoisotopic (exact) mass is 277 g/mol. The highest BCUT2D eigenvalue weighted by molar-refractivity contribution is 9.10. The van der Waals surface area contributed by atoms with Crippen molar-refractivity contribution in [3.05, 3.63) is 46.3 Å². The number of nitrogens with one attached hydrogen (secondary N) is 1. The third-order valence-electron chi connectivity index (χ3n) is 2.04. The van der Waals surface area contributed by atoms with Crippen molar-refractivity contribution in [1.29, 1.82) is 5.26 Å². The SMILES string of the molecule is N#Cc1ccc(NCc2ccno2)c(Br)c1. The fourth-order valence-electron chi connectivity index (χ4n) is 1.24. The first kappa shape index (κ1) is 10.7. The quantitative estimate of drug-likeness (QED) is 0.937. The van der Waals surface area contributed by atoms with Crippen molar-refractivity contribution in [3.63, 3.8) is 0 Å². The molecule has 5 heteroatoms. The van der Waals surface area contributed by atoms with Gasteiger partial charge in [0.05, 0.1) is 24.4 Å². The van der Waals surface area contributed by atoms with Gasteiger partial charge in [0.2, 0.25) is 0 Å². The Morgan fingerprint density at radius 3 is 2.94 bits per heavy atom. The number of aromatic nitrogens is 1. The lowest BCUT2D eigenvalue weighted by Gasteiger charge is -2.06. The van der Waals surface area contributed by atoms with Crippen molar-refractivity contribution in [2.75, 3.05) is 5.32 Å². The van der Waals surface area contributed by atoms with Gasteiger partial charge in [-0.25, -0.2) is 0 Å². The van der Waals surface area contributed by atoms with Gasteiger partial charge < -0.3 is 9.84 Å². The lowest BCUT2D eigenvalue weighted by Crippen LogP contribution is -1.98. The van der Waals surface area contributed by atoms with Gasteiger partial charge in [-0.15, -0.1) is 0 Å². The molecule has 16 heavy (non-hydrogen) atoms. The van der Waals surface area contributed by atoms with E-state index in [1.165, 1.54) is 0 Å². The summed E-state index contributed by atoms with van der Waals surface area (Å²) in [6.45, 7) is 0.560. The number of halogens is 1. The molecule has 0 radical (unpaired) electrons. The fourth-order valence-corrected chi connectivity index (χ4v) is 1.76. The Labute approximate surface area is 101 Å². The van der Waals surface area contributed by atoms with Crippen LogP contribution in [0.4, 0.5) is 5.69 Å². The van der Waals surface area contributed by atoms with Gasteiger partial charge in [-0.1, -0.05) is 5.16 Å². The van der Waals surface area contributed by atoms with Crippen LogP contribution < -0.4 is 5.32 Å². The minimum Gasteiger partial charge on any atom is -0.377 e. The highest BCUT2D eigenvalue weighted by atomic mass is 79.9. The largest absolute Gasteiger partial charge is 0.377 e. The second-order valence-corrected chi connectivity index (χ2v) is 3.99. The molecule has 4 nitrogen and oxygen atoms in total. The first-order valence-electron chi connectivity index (χ1n) is 4.62. The third-order valence-corrected chi connectivity index (χ3v) is 2.70. The molecule has 0 aliphatic heterocycles. The van der Waals surface area contributed by atoms with Crippen LogP contribution in [0.1, 0.15) is 11.3 Å². The molecule has 2 aromatic rings. The summed E-state index contributed by atoms with van der Waals surface area (Å²) in [6.07, 6.45) is 1.60. The van der Waals surface area contributed by atoms with Gasteiger partial charge in [-0.05, 0) is 34.1 Å². The highest BCUT2D eigenvalue weighted by Gasteiger charge is 2.02. The number of hydrogen-bond acceptors (Lipinski definition) is 4. The number of nitrogens with zero attached hydrogens (tertiary/aromatic N) is 2. The summed E-state index contributed by atoms with van der Waals surface area (Å²) in [6, 6.07) is 9.24. The molecule has 80 valence electrons. The zero-order valence-electron chi connectivity index (χ0n) is 8.27. The van der Waals surface area contributed by atoms with Crippen molar-refractivity contribution in [2.45, 2.75) is 6.54 Å². The van der Waals surface area contributed by atoms with Crippen molar-refractivity contribution < 1.29 is 4.52 Å². The summed E-state index contributed by atoms with van der Waals surface area (Å²) in [7, 11) is 0. The lowest BCUT2D eigenvalue weighted by molar-refractivity contribution is 0.388. The van der Waals surface area contributed by atoms with Crippen LogP contribution in [-0.2, 0) is 6.54 Å². The summed E-state index contributed by atoms with van der Waals surface area (Å²) in [5.74, 6) is 0.760. The van der Waals surface area contributed by atoms with Crippen molar-refractivity contribution in [2.24, 2.45) is 0 Å². The van der Waals surface area contributed by atoms with Gasteiger partial charge in [-0.3, -0.25) is 0 Å². The molecule has 0 amide bonds. The molecule has 0 saturated heterocycles. The van der Waals surface area contributed by atoms with Crippen LogP contribution in [0.2, 0.25) is 0 Å². The average Bonchev–Trinajstić information content (AvgIpc) is 2.80. The Morgan fingerprint density at radius 2 is 2.31 bits per heavy atom. The van der Waals surface area contributed by atoms with E-state index in [0.29, 0.717) is 12.1 Å². The van der Waals surface area contributed by atoms with Gasteiger partial charge in [0.15, 0.2) is 5.76 Å². The zero-order chi connectivity index (χ0) is 11.4. The molecule has 0 spiro atoms. The minimum absolute atomic E-state index is 0.560. The first-order chi connectivity index (χ1) is 7.79. The average molecular weight is 278 g/mol. The second kappa shape index (κ2) is 4.81. The molecule has 0 bridgehead atoms. The maximum atomic E-state index is 8.72. The second-order valence-electron chi connectivity index (χ2n) is 3.14. The number of hydrogen-bond donors (Lipinski definition) is 1. The molecule has 0 unspecified atom stereocenters. The molecular formula is C11H8BrN3O. The van der Waals surface area contributed by atoms with Gasteiger partial charge >= 0.3 is 0 Å². The maximum absolute atomic E-state index is 8.72. The van der Waals surface area contributed by atoms with E-state index in [9.17, 15) is 0 Å². The van der Waals surface area contributed by atoms with Crippen LogP contribution in [0, 0.1) is 11.3 Å².